The molecule has 0 aliphatic carbocycles. The van der Waals surface area contributed by atoms with Gasteiger partial charge in [0.05, 0.1) is 51.3 Å². The molecule has 2 amide bonds. The Morgan fingerprint density at radius 3 is 2.05 bits per heavy atom. The third-order valence-corrected chi connectivity index (χ3v) is 10.7. The number of hydrogen-bond donors (Lipinski definition) is 3. The van der Waals surface area contributed by atoms with Gasteiger partial charge >= 0.3 is 0 Å². The van der Waals surface area contributed by atoms with E-state index in [0.717, 1.165) is 39.4 Å². The van der Waals surface area contributed by atoms with Crippen molar-refractivity contribution < 1.29 is 32.6 Å². The van der Waals surface area contributed by atoms with Gasteiger partial charge in [-0.15, -0.1) is 0 Å². The van der Waals surface area contributed by atoms with Crippen LogP contribution in [0.25, 0.3) is 27.6 Å². The van der Waals surface area contributed by atoms with Gasteiger partial charge in [-0.25, -0.2) is 18.7 Å². The van der Waals surface area contributed by atoms with E-state index in [1.807, 2.05) is 45.0 Å². The van der Waals surface area contributed by atoms with Crippen molar-refractivity contribution in [2.24, 2.45) is 0 Å². The number of halogens is 3. The fourth-order valence-electron chi connectivity index (χ4n) is 7.61. The number of carbonyl (C=O) groups excluding carboxylic acids is 2. The zero-order chi connectivity index (χ0) is 39.0. The van der Waals surface area contributed by atoms with E-state index in [4.69, 9.17) is 20.8 Å². The second kappa shape index (κ2) is 13.2. The molecule has 3 aromatic heterocycles. The van der Waals surface area contributed by atoms with E-state index >= 15 is 8.78 Å². The van der Waals surface area contributed by atoms with Gasteiger partial charge in [-0.1, -0.05) is 30.7 Å². The fraction of sp³-hybridized carbons (Fsp3) is 0.143. The molecular formula is C42H31ClF2N6O5. The van der Waals surface area contributed by atoms with Gasteiger partial charge in [0.2, 0.25) is 0 Å². The van der Waals surface area contributed by atoms with Crippen LogP contribution in [0.1, 0.15) is 53.6 Å². The van der Waals surface area contributed by atoms with Crippen LogP contribution in [-0.4, -0.2) is 36.9 Å². The Labute approximate surface area is 322 Å². The van der Waals surface area contributed by atoms with Gasteiger partial charge in [0.25, 0.3) is 11.8 Å². The first-order valence-corrected chi connectivity index (χ1v) is 18.1. The Balaban J connectivity index is 1.10. The lowest BCUT2D eigenvalue weighted by atomic mass is 9.92. The average molecular weight is 773 g/mol. The van der Waals surface area contributed by atoms with Gasteiger partial charge in [-0.05, 0) is 98.1 Å². The average Bonchev–Trinajstić information content (AvgIpc) is 4.02. The standard InChI is InChI=1S/C42H31ClF2N6O5/c1-4-26-37(33-15-20(2)21(3)55-33)50(23-7-13-29-31(16-23)48-18-46-29)42(54)40(26)56-25-9-5-22(6-10-25)34-38(35-28(44)12-11-27(43)36(35)45)51(41(53)39(34)52)24-8-14-30-32(17-24)49-19-47-30/h5-19,37-38,52H,4H2,1-3H3,(H,46,48)(H,47,49). The van der Waals surface area contributed by atoms with Crippen molar-refractivity contribution in [3.63, 3.8) is 0 Å². The monoisotopic (exact) mass is 772 g/mol. The number of rotatable bonds is 8. The Hall–Kier alpha value is -6.73. The quantitative estimate of drug-likeness (QED) is 0.131. The summed E-state index contributed by atoms with van der Waals surface area (Å²) in [5.41, 5.74) is 4.86. The number of fused-ring (bicyclic) bond motifs is 2. The summed E-state index contributed by atoms with van der Waals surface area (Å²) in [5, 5.41) is 11.1. The summed E-state index contributed by atoms with van der Waals surface area (Å²) in [6.07, 6.45) is 3.52. The molecule has 280 valence electrons. The molecular weight excluding hydrogens is 742 g/mol. The van der Waals surface area contributed by atoms with Crippen molar-refractivity contribution in [3.05, 3.63) is 153 Å². The van der Waals surface area contributed by atoms with Gasteiger partial charge in [0, 0.05) is 22.5 Å². The lowest BCUT2D eigenvalue weighted by Crippen LogP contribution is -2.31. The number of ether oxygens (including phenoxy) is 1. The SMILES string of the molecule is CCC1=C(Oc2ccc(C3=C(O)C(=O)N(c4ccc5nc[nH]c5c4)C3c3c(F)ccc(Cl)c3F)cc2)C(=O)N(c2ccc3nc[nH]c3c2)C1c1cc(C)c(C)o1. The third-order valence-electron chi connectivity index (χ3n) is 10.4. The van der Waals surface area contributed by atoms with Crippen molar-refractivity contribution in [1.82, 2.24) is 19.9 Å². The summed E-state index contributed by atoms with van der Waals surface area (Å²) in [7, 11) is 0. The Bertz CT molecular complexity index is 2800. The minimum Gasteiger partial charge on any atom is -0.503 e. The predicted octanol–water partition coefficient (Wildman–Crippen LogP) is 9.47. The molecule has 0 saturated carbocycles. The van der Waals surface area contributed by atoms with Crippen LogP contribution >= 0.6 is 11.6 Å². The van der Waals surface area contributed by atoms with Gasteiger partial charge in [0.15, 0.2) is 11.5 Å². The number of benzene rings is 4. The number of imidazole rings is 2. The van der Waals surface area contributed by atoms with Crippen LogP contribution in [0, 0.1) is 25.5 Å². The van der Waals surface area contributed by atoms with E-state index in [9.17, 15) is 14.7 Å². The summed E-state index contributed by atoms with van der Waals surface area (Å²) in [6.45, 7) is 5.74. The van der Waals surface area contributed by atoms with Crippen LogP contribution in [0.2, 0.25) is 5.02 Å². The smallest absolute Gasteiger partial charge is 0.294 e. The first kappa shape index (κ1) is 35.0. The van der Waals surface area contributed by atoms with Crippen molar-refractivity contribution in [1.29, 1.82) is 0 Å². The van der Waals surface area contributed by atoms with Crippen molar-refractivity contribution in [2.45, 2.75) is 39.3 Å². The second-order valence-electron chi connectivity index (χ2n) is 13.6. The number of H-pyrrole nitrogens is 2. The number of nitrogens with one attached hydrogen (secondary N) is 2. The van der Waals surface area contributed by atoms with E-state index in [2.05, 4.69) is 19.9 Å². The Morgan fingerprint density at radius 1 is 0.839 bits per heavy atom. The number of hydrogen-bond acceptors (Lipinski definition) is 7. The maximum atomic E-state index is 15.8. The Kier molecular flexibility index (Phi) is 8.27. The zero-order valence-corrected chi connectivity index (χ0v) is 30.8. The summed E-state index contributed by atoms with van der Waals surface area (Å²) in [4.78, 5) is 45.6. The van der Waals surface area contributed by atoms with Crippen LogP contribution in [0.15, 0.2) is 113 Å². The largest absolute Gasteiger partial charge is 0.503 e. The summed E-state index contributed by atoms with van der Waals surface area (Å²) in [6, 6.07) is 18.5. The molecule has 56 heavy (non-hydrogen) atoms. The summed E-state index contributed by atoms with van der Waals surface area (Å²) in [5.74, 6) is -2.31. The molecule has 0 spiro atoms. The number of aryl methyl sites for hydroxylation is 2. The van der Waals surface area contributed by atoms with Crippen LogP contribution in [0.3, 0.4) is 0 Å². The molecule has 3 N–H and O–H groups in total. The topological polar surface area (TPSA) is 141 Å². The van der Waals surface area contributed by atoms with Crippen LogP contribution in [0.4, 0.5) is 20.2 Å². The molecule has 5 heterocycles. The summed E-state index contributed by atoms with van der Waals surface area (Å²) >= 11 is 6.15. The minimum atomic E-state index is -1.46. The first-order chi connectivity index (χ1) is 27.0. The van der Waals surface area contributed by atoms with E-state index in [1.54, 1.807) is 53.7 Å². The normalized spacial score (nSPS) is 17.5. The predicted molar refractivity (Wildman–Crippen MR) is 206 cm³/mol. The number of aromatic nitrogens is 4. The number of furan rings is 1. The number of nitrogens with zero attached hydrogens (tertiary/aromatic N) is 4. The molecule has 14 heteroatoms. The molecule has 0 bridgehead atoms. The molecule has 2 unspecified atom stereocenters. The maximum Gasteiger partial charge on any atom is 0.294 e. The number of amides is 2. The highest BCUT2D eigenvalue weighted by Crippen LogP contribution is 2.49. The maximum absolute atomic E-state index is 15.8. The molecule has 11 nitrogen and oxygen atoms in total. The van der Waals surface area contributed by atoms with E-state index in [0.29, 0.717) is 34.5 Å². The van der Waals surface area contributed by atoms with E-state index < -0.39 is 40.9 Å². The molecule has 2 atom stereocenters. The molecule has 4 aromatic carbocycles. The molecule has 0 saturated heterocycles. The molecule has 7 aromatic rings. The molecule has 2 aliphatic heterocycles. The minimum absolute atomic E-state index is 0.0549. The van der Waals surface area contributed by atoms with Gasteiger partial charge < -0.3 is 24.2 Å². The van der Waals surface area contributed by atoms with Crippen molar-refractivity contribution in [2.75, 3.05) is 9.80 Å². The number of aliphatic hydroxyl groups is 1. The van der Waals surface area contributed by atoms with Crippen LogP contribution in [-0.2, 0) is 9.59 Å². The highest BCUT2D eigenvalue weighted by atomic mass is 35.5. The van der Waals surface area contributed by atoms with Crippen LogP contribution in [0.5, 0.6) is 5.75 Å². The lowest BCUT2D eigenvalue weighted by Gasteiger charge is -2.28. The molecule has 9 rings (SSSR count). The molecule has 2 aliphatic rings. The molecule has 0 radical (unpaired) electrons. The lowest BCUT2D eigenvalue weighted by molar-refractivity contribution is -0.117. The van der Waals surface area contributed by atoms with Crippen molar-refractivity contribution in [3.8, 4) is 5.75 Å². The van der Waals surface area contributed by atoms with E-state index in [-0.39, 0.29) is 39.3 Å². The zero-order valence-electron chi connectivity index (χ0n) is 30.0. The number of carbonyl (C=O) groups is 2. The van der Waals surface area contributed by atoms with E-state index in [1.165, 1.54) is 6.33 Å². The second-order valence-corrected chi connectivity index (χ2v) is 14.0. The number of aliphatic hydroxyl groups excluding tert-OH is 1. The number of anilines is 2. The molecule has 0 fully saturated rings. The Morgan fingerprint density at radius 2 is 1.46 bits per heavy atom. The fourth-order valence-corrected chi connectivity index (χ4v) is 7.77. The van der Waals surface area contributed by atoms with Gasteiger partial charge in [-0.2, -0.15) is 0 Å². The van der Waals surface area contributed by atoms with Gasteiger partial charge in [-0.3, -0.25) is 19.4 Å². The van der Waals surface area contributed by atoms with Crippen LogP contribution < -0.4 is 14.5 Å². The highest BCUT2D eigenvalue weighted by Gasteiger charge is 2.46. The summed E-state index contributed by atoms with van der Waals surface area (Å²) < 4.78 is 44.1. The van der Waals surface area contributed by atoms with Crippen molar-refractivity contribution >= 4 is 62.4 Å². The number of aromatic amines is 2. The third kappa shape index (κ3) is 5.45. The first-order valence-electron chi connectivity index (χ1n) is 17.7. The highest BCUT2D eigenvalue weighted by molar-refractivity contribution is 6.31. The van der Waals surface area contributed by atoms with Gasteiger partial charge in [0.1, 0.15) is 34.9 Å².